The van der Waals surface area contributed by atoms with Crippen molar-refractivity contribution in [2.24, 2.45) is 0 Å². The molecule has 0 aliphatic carbocycles. The Balaban J connectivity index is 2.93. The Morgan fingerprint density at radius 3 is 2.67 bits per heavy atom. The number of aromatic carboxylic acids is 1. The van der Waals surface area contributed by atoms with E-state index in [1.807, 2.05) is 0 Å². The maximum absolute atomic E-state index is 13.3. The first-order valence-corrected chi connectivity index (χ1v) is 4.21. The number of carbonyl (C=O) groups is 1. The van der Waals surface area contributed by atoms with E-state index in [2.05, 4.69) is 4.98 Å². The summed E-state index contributed by atoms with van der Waals surface area (Å²) in [5.74, 6) is -3.47. The SMILES string of the molecule is Cc1cc2c(F)c(F)cc(C(=O)O)c2[nH]1. The Kier molecular flexibility index (Phi) is 1.96. The second-order valence-electron chi connectivity index (χ2n) is 3.27. The molecule has 0 unspecified atom stereocenters. The van der Waals surface area contributed by atoms with Crippen molar-refractivity contribution < 1.29 is 18.7 Å². The van der Waals surface area contributed by atoms with Crippen LogP contribution in [-0.2, 0) is 0 Å². The van der Waals surface area contributed by atoms with E-state index in [4.69, 9.17) is 5.11 Å². The second-order valence-corrected chi connectivity index (χ2v) is 3.27. The summed E-state index contributed by atoms with van der Waals surface area (Å²) in [6.07, 6.45) is 0. The van der Waals surface area contributed by atoms with Crippen molar-refractivity contribution in [3.05, 3.63) is 35.0 Å². The number of hydrogen-bond donors (Lipinski definition) is 2. The first-order valence-electron chi connectivity index (χ1n) is 4.21. The topological polar surface area (TPSA) is 53.1 Å². The molecule has 0 spiro atoms. The molecule has 0 bridgehead atoms. The van der Waals surface area contributed by atoms with Crippen LogP contribution in [0, 0.1) is 18.6 Å². The Morgan fingerprint density at radius 1 is 1.40 bits per heavy atom. The number of aromatic nitrogens is 1. The van der Waals surface area contributed by atoms with E-state index in [0.717, 1.165) is 0 Å². The Morgan fingerprint density at radius 2 is 2.07 bits per heavy atom. The Labute approximate surface area is 83.3 Å². The van der Waals surface area contributed by atoms with Gasteiger partial charge < -0.3 is 10.1 Å². The van der Waals surface area contributed by atoms with Crippen molar-refractivity contribution in [3.8, 4) is 0 Å². The summed E-state index contributed by atoms with van der Waals surface area (Å²) in [6, 6.07) is 2.05. The van der Waals surface area contributed by atoms with Crippen LogP contribution in [0.4, 0.5) is 8.78 Å². The fourth-order valence-corrected chi connectivity index (χ4v) is 1.53. The van der Waals surface area contributed by atoms with Gasteiger partial charge in [-0.05, 0) is 19.1 Å². The zero-order valence-electron chi connectivity index (χ0n) is 7.77. The molecule has 0 saturated heterocycles. The van der Waals surface area contributed by atoms with Gasteiger partial charge in [-0.3, -0.25) is 0 Å². The van der Waals surface area contributed by atoms with Gasteiger partial charge in [-0.2, -0.15) is 0 Å². The van der Waals surface area contributed by atoms with Gasteiger partial charge in [0.2, 0.25) is 0 Å². The highest BCUT2D eigenvalue weighted by Gasteiger charge is 2.17. The van der Waals surface area contributed by atoms with Gasteiger partial charge in [0, 0.05) is 11.1 Å². The van der Waals surface area contributed by atoms with Crippen molar-refractivity contribution in [3.63, 3.8) is 0 Å². The van der Waals surface area contributed by atoms with Crippen LogP contribution in [0.3, 0.4) is 0 Å². The summed E-state index contributed by atoms with van der Waals surface area (Å²) in [7, 11) is 0. The van der Waals surface area contributed by atoms with Crippen LogP contribution < -0.4 is 0 Å². The summed E-state index contributed by atoms with van der Waals surface area (Å²) in [5, 5.41) is 8.76. The van der Waals surface area contributed by atoms with Gasteiger partial charge in [-0.1, -0.05) is 0 Å². The van der Waals surface area contributed by atoms with Crippen molar-refractivity contribution in [1.82, 2.24) is 4.98 Å². The van der Waals surface area contributed by atoms with Gasteiger partial charge in [0.05, 0.1) is 11.1 Å². The molecular weight excluding hydrogens is 204 g/mol. The molecule has 3 nitrogen and oxygen atoms in total. The molecule has 1 aromatic heterocycles. The second kappa shape index (κ2) is 3.05. The largest absolute Gasteiger partial charge is 0.478 e. The van der Waals surface area contributed by atoms with Crippen LogP contribution in [0.5, 0.6) is 0 Å². The minimum Gasteiger partial charge on any atom is -0.478 e. The van der Waals surface area contributed by atoms with Gasteiger partial charge in [0.15, 0.2) is 11.6 Å². The predicted molar refractivity (Wildman–Crippen MR) is 49.9 cm³/mol. The summed E-state index contributed by atoms with van der Waals surface area (Å²) in [6.45, 7) is 1.64. The fourth-order valence-electron chi connectivity index (χ4n) is 1.53. The third kappa shape index (κ3) is 1.36. The minimum atomic E-state index is -1.29. The number of carboxylic acids is 1. The smallest absolute Gasteiger partial charge is 0.337 e. The molecule has 0 saturated carbocycles. The molecule has 2 aromatic rings. The Hall–Kier alpha value is -1.91. The number of nitrogens with one attached hydrogen (secondary N) is 1. The first kappa shape index (κ1) is 9.64. The van der Waals surface area contributed by atoms with Crippen LogP contribution in [0.25, 0.3) is 10.9 Å². The zero-order valence-corrected chi connectivity index (χ0v) is 7.77. The van der Waals surface area contributed by atoms with Crippen molar-refractivity contribution in [2.45, 2.75) is 6.92 Å². The third-order valence-electron chi connectivity index (χ3n) is 2.17. The number of hydrogen-bond acceptors (Lipinski definition) is 1. The molecule has 0 aliphatic rings. The molecule has 0 fully saturated rings. The van der Waals surface area contributed by atoms with E-state index in [1.54, 1.807) is 6.92 Å². The highest BCUT2D eigenvalue weighted by Crippen LogP contribution is 2.24. The van der Waals surface area contributed by atoms with Gasteiger partial charge in [0.25, 0.3) is 0 Å². The van der Waals surface area contributed by atoms with E-state index in [1.165, 1.54) is 6.07 Å². The lowest BCUT2D eigenvalue weighted by Crippen LogP contribution is -2.00. The highest BCUT2D eigenvalue weighted by molar-refractivity contribution is 6.02. The van der Waals surface area contributed by atoms with Gasteiger partial charge in [-0.15, -0.1) is 0 Å². The lowest BCUT2D eigenvalue weighted by atomic mass is 10.1. The maximum Gasteiger partial charge on any atom is 0.337 e. The van der Waals surface area contributed by atoms with E-state index < -0.39 is 17.6 Å². The molecular formula is C10H7F2NO2. The highest BCUT2D eigenvalue weighted by atomic mass is 19.2. The van der Waals surface area contributed by atoms with E-state index in [9.17, 15) is 13.6 Å². The Bertz CT molecular complexity index is 560. The number of rotatable bonds is 1. The number of benzene rings is 1. The van der Waals surface area contributed by atoms with Gasteiger partial charge in [-0.25, -0.2) is 13.6 Å². The van der Waals surface area contributed by atoms with E-state index >= 15 is 0 Å². The average Bonchev–Trinajstić information content (AvgIpc) is 2.53. The number of aromatic amines is 1. The molecule has 2 N–H and O–H groups in total. The molecule has 2 rings (SSSR count). The molecule has 0 atom stereocenters. The zero-order chi connectivity index (χ0) is 11.2. The maximum atomic E-state index is 13.3. The van der Waals surface area contributed by atoms with Crippen molar-refractivity contribution >= 4 is 16.9 Å². The van der Waals surface area contributed by atoms with Gasteiger partial charge in [0.1, 0.15) is 0 Å². The van der Waals surface area contributed by atoms with Crippen LogP contribution >= 0.6 is 0 Å². The predicted octanol–water partition coefficient (Wildman–Crippen LogP) is 2.45. The molecule has 5 heteroatoms. The van der Waals surface area contributed by atoms with Crippen LogP contribution in [0.15, 0.2) is 12.1 Å². The number of fused-ring (bicyclic) bond motifs is 1. The number of H-pyrrole nitrogens is 1. The van der Waals surface area contributed by atoms with Gasteiger partial charge >= 0.3 is 5.97 Å². The van der Waals surface area contributed by atoms with E-state index in [0.29, 0.717) is 11.8 Å². The summed E-state index contributed by atoms with van der Waals surface area (Å²) in [5.41, 5.74) is 0.424. The van der Waals surface area contributed by atoms with Crippen molar-refractivity contribution in [2.75, 3.05) is 0 Å². The molecule has 1 heterocycles. The molecule has 78 valence electrons. The minimum absolute atomic E-state index is 0.0371. The lowest BCUT2D eigenvalue weighted by molar-refractivity contribution is 0.0698. The monoisotopic (exact) mass is 211 g/mol. The molecule has 1 aromatic carbocycles. The van der Waals surface area contributed by atoms with Crippen LogP contribution in [0.1, 0.15) is 16.1 Å². The summed E-state index contributed by atoms with van der Waals surface area (Å²) >= 11 is 0. The van der Waals surface area contributed by atoms with E-state index in [-0.39, 0.29) is 16.5 Å². The molecule has 0 radical (unpaired) electrons. The normalized spacial score (nSPS) is 10.9. The molecule has 0 aliphatic heterocycles. The third-order valence-corrected chi connectivity index (χ3v) is 2.17. The number of carboxylic acid groups (broad SMARTS) is 1. The molecule has 0 amide bonds. The summed E-state index contributed by atoms with van der Waals surface area (Å²) in [4.78, 5) is 13.5. The number of halogens is 2. The van der Waals surface area contributed by atoms with Crippen molar-refractivity contribution in [1.29, 1.82) is 0 Å². The quantitative estimate of drug-likeness (QED) is 0.761. The number of aryl methyl sites for hydroxylation is 1. The van der Waals surface area contributed by atoms with Crippen LogP contribution in [0.2, 0.25) is 0 Å². The fraction of sp³-hybridized carbons (Fsp3) is 0.100. The summed E-state index contributed by atoms with van der Waals surface area (Å²) < 4.78 is 26.3. The molecule has 15 heavy (non-hydrogen) atoms. The van der Waals surface area contributed by atoms with Crippen LogP contribution in [-0.4, -0.2) is 16.1 Å². The standard InChI is InChI=1S/C10H7F2NO2/c1-4-2-5-8(12)7(11)3-6(10(14)15)9(5)13-4/h2-3,13H,1H3,(H,14,15). The lowest BCUT2D eigenvalue weighted by Gasteiger charge is -1.99. The average molecular weight is 211 g/mol. The first-order chi connectivity index (χ1) is 7.00.